The van der Waals surface area contributed by atoms with E-state index < -0.39 is 0 Å². The van der Waals surface area contributed by atoms with Crippen molar-refractivity contribution in [3.8, 4) is 0 Å². The lowest BCUT2D eigenvalue weighted by atomic mass is 10.0. The van der Waals surface area contributed by atoms with Crippen LogP contribution in [0.4, 0.5) is 0 Å². The first-order valence-corrected chi connectivity index (χ1v) is 7.06. The van der Waals surface area contributed by atoms with Crippen LogP contribution in [0.15, 0.2) is 34.1 Å². The first-order chi connectivity index (χ1) is 8.11. The third-order valence-corrected chi connectivity index (χ3v) is 4.28. The van der Waals surface area contributed by atoms with E-state index in [9.17, 15) is 0 Å². The Labute approximate surface area is 114 Å². The fraction of sp³-hybridized carbons (Fsp3) is 0.231. The Morgan fingerprint density at radius 1 is 1.29 bits per heavy atom. The fourth-order valence-electron chi connectivity index (χ4n) is 1.85. The lowest BCUT2D eigenvalue weighted by molar-refractivity contribution is 0.636. The van der Waals surface area contributed by atoms with Crippen LogP contribution in [0.1, 0.15) is 27.6 Å². The molecule has 0 fully saturated rings. The molecule has 17 heavy (non-hydrogen) atoms. The third-order valence-electron chi connectivity index (χ3n) is 2.72. The van der Waals surface area contributed by atoms with Crippen molar-refractivity contribution < 1.29 is 0 Å². The average Bonchev–Trinajstić information content (AvgIpc) is 2.69. The quantitative estimate of drug-likeness (QED) is 0.670. The fourth-order valence-corrected chi connectivity index (χ4v) is 3.30. The van der Waals surface area contributed by atoms with Crippen molar-refractivity contribution in [3.05, 3.63) is 55.7 Å². The minimum Gasteiger partial charge on any atom is -0.271 e. The van der Waals surface area contributed by atoms with Crippen LogP contribution < -0.4 is 11.3 Å². The molecule has 0 aliphatic carbocycles. The topological polar surface area (TPSA) is 38.0 Å². The maximum atomic E-state index is 5.69. The molecule has 2 aromatic rings. The molecule has 3 N–H and O–H groups in total. The molecule has 1 unspecified atom stereocenters. The second kappa shape index (κ2) is 5.31. The molecule has 2 nitrogen and oxygen atoms in total. The highest BCUT2D eigenvalue weighted by Gasteiger charge is 2.16. The number of hydrogen-bond donors (Lipinski definition) is 2. The van der Waals surface area contributed by atoms with Crippen LogP contribution >= 0.6 is 27.3 Å². The van der Waals surface area contributed by atoms with E-state index in [1.807, 2.05) is 0 Å². The highest BCUT2D eigenvalue weighted by atomic mass is 79.9. The normalized spacial score (nSPS) is 12.7. The van der Waals surface area contributed by atoms with Gasteiger partial charge in [-0.25, -0.2) is 5.43 Å². The predicted molar refractivity (Wildman–Crippen MR) is 77.1 cm³/mol. The molecular formula is C13H15BrN2S. The van der Waals surface area contributed by atoms with Crippen LogP contribution in [0.2, 0.25) is 0 Å². The zero-order valence-corrected chi connectivity index (χ0v) is 12.2. The number of benzene rings is 1. The minimum atomic E-state index is 0.0370. The van der Waals surface area contributed by atoms with E-state index in [-0.39, 0.29) is 6.04 Å². The summed E-state index contributed by atoms with van der Waals surface area (Å²) in [6, 6.07) is 8.52. The molecule has 0 bridgehead atoms. The van der Waals surface area contributed by atoms with E-state index in [2.05, 4.69) is 64.8 Å². The summed E-state index contributed by atoms with van der Waals surface area (Å²) in [6.07, 6.45) is 0. The number of aryl methyl sites for hydroxylation is 2. The molecule has 2 rings (SSSR count). The number of nitrogens with two attached hydrogens (primary N) is 1. The van der Waals surface area contributed by atoms with Crippen molar-refractivity contribution in [3.63, 3.8) is 0 Å². The summed E-state index contributed by atoms with van der Waals surface area (Å²) in [6.45, 7) is 4.18. The van der Waals surface area contributed by atoms with Gasteiger partial charge >= 0.3 is 0 Å². The number of thiophene rings is 1. The summed E-state index contributed by atoms with van der Waals surface area (Å²) < 4.78 is 1.09. The zero-order chi connectivity index (χ0) is 12.4. The van der Waals surface area contributed by atoms with Gasteiger partial charge < -0.3 is 0 Å². The van der Waals surface area contributed by atoms with Crippen LogP contribution in [0, 0.1) is 13.8 Å². The Morgan fingerprint density at radius 2 is 2.06 bits per heavy atom. The van der Waals surface area contributed by atoms with Gasteiger partial charge in [-0.15, -0.1) is 11.3 Å². The van der Waals surface area contributed by atoms with E-state index in [0.29, 0.717) is 0 Å². The number of halogens is 1. The van der Waals surface area contributed by atoms with Crippen LogP contribution in [0.5, 0.6) is 0 Å². The summed E-state index contributed by atoms with van der Waals surface area (Å²) in [7, 11) is 0. The van der Waals surface area contributed by atoms with Crippen LogP contribution in [-0.4, -0.2) is 0 Å². The third kappa shape index (κ3) is 2.77. The summed E-state index contributed by atoms with van der Waals surface area (Å²) in [5, 5.41) is 2.14. The Kier molecular flexibility index (Phi) is 3.99. The maximum Gasteiger partial charge on any atom is 0.0729 e. The van der Waals surface area contributed by atoms with E-state index >= 15 is 0 Å². The molecule has 1 atom stereocenters. The molecule has 0 aliphatic rings. The smallest absolute Gasteiger partial charge is 0.0729 e. The predicted octanol–water partition coefficient (Wildman–Crippen LogP) is 3.68. The first-order valence-electron chi connectivity index (χ1n) is 5.39. The van der Waals surface area contributed by atoms with Gasteiger partial charge in [0.05, 0.1) is 6.04 Å². The largest absolute Gasteiger partial charge is 0.271 e. The number of nitrogens with one attached hydrogen (secondary N) is 1. The maximum absolute atomic E-state index is 5.69. The van der Waals surface area contributed by atoms with Gasteiger partial charge in [-0.2, -0.15) is 0 Å². The molecule has 0 radical (unpaired) electrons. The van der Waals surface area contributed by atoms with Gasteiger partial charge in [0, 0.05) is 9.35 Å². The monoisotopic (exact) mass is 310 g/mol. The highest BCUT2D eigenvalue weighted by Crippen LogP contribution is 2.31. The van der Waals surface area contributed by atoms with Crippen LogP contribution in [0.3, 0.4) is 0 Å². The molecular weight excluding hydrogens is 296 g/mol. The Hall–Kier alpha value is -0.680. The van der Waals surface area contributed by atoms with E-state index in [0.717, 1.165) is 10.0 Å². The number of rotatable bonds is 3. The van der Waals surface area contributed by atoms with E-state index in [1.165, 1.54) is 16.0 Å². The van der Waals surface area contributed by atoms with Gasteiger partial charge in [-0.05, 0) is 48.1 Å². The second-order valence-electron chi connectivity index (χ2n) is 4.12. The van der Waals surface area contributed by atoms with Crippen LogP contribution in [-0.2, 0) is 0 Å². The first kappa shape index (κ1) is 12.8. The SMILES string of the molecule is Cc1ccc(C(NN)c2csc(C)c2)c(Br)c1. The molecule has 0 saturated heterocycles. The Morgan fingerprint density at radius 3 is 2.59 bits per heavy atom. The minimum absolute atomic E-state index is 0.0370. The van der Waals surface area contributed by atoms with Gasteiger partial charge in [0.15, 0.2) is 0 Å². The average molecular weight is 311 g/mol. The van der Waals surface area contributed by atoms with E-state index in [1.54, 1.807) is 11.3 Å². The van der Waals surface area contributed by atoms with Crippen LogP contribution in [0.25, 0.3) is 0 Å². The lowest BCUT2D eigenvalue weighted by Crippen LogP contribution is -2.28. The number of hydrogen-bond acceptors (Lipinski definition) is 3. The van der Waals surface area contributed by atoms with Gasteiger partial charge in [-0.1, -0.05) is 28.1 Å². The van der Waals surface area contributed by atoms with Gasteiger partial charge in [-0.3, -0.25) is 5.84 Å². The molecule has 0 amide bonds. The molecule has 0 aliphatic heterocycles. The molecule has 0 saturated carbocycles. The summed E-state index contributed by atoms with van der Waals surface area (Å²) in [5.41, 5.74) is 6.49. The van der Waals surface area contributed by atoms with Gasteiger partial charge in [0.1, 0.15) is 0 Å². The molecule has 90 valence electrons. The van der Waals surface area contributed by atoms with Crippen molar-refractivity contribution in [2.75, 3.05) is 0 Å². The van der Waals surface area contributed by atoms with Crippen molar-refractivity contribution in [1.29, 1.82) is 0 Å². The van der Waals surface area contributed by atoms with Crippen molar-refractivity contribution >= 4 is 27.3 Å². The van der Waals surface area contributed by atoms with E-state index in [4.69, 9.17) is 5.84 Å². The summed E-state index contributed by atoms with van der Waals surface area (Å²) in [5.74, 6) is 5.69. The summed E-state index contributed by atoms with van der Waals surface area (Å²) >= 11 is 5.34. The highest BCUT2D eigenvalue weighted by molar-refractivity contribution is 9.10. The summed E-state index contributed by atoms with van der Waals surface area (Å²) in [4.78, 5) is 1.29. The zero-order valence-electron chi connectivity index (χ0n) is 9.83. The Balaban J connectivity index is 2.42. The van der Waals surface area contributed by atoms with Crippen molar-refractivity contribution in [1.82, 2.24) is 5.43 Å². The van der Waals surface area contributed by atoms with Gasteiger partial charge in [0.25, 0.3) is 0 Å². The molecule has 1 heterocycles. The number of hydrazine groups is 1. The molecule has 1 aromatic carbocycles. The molecule has 0 spiro atoms. The molecule has 4 heteroatoms. The Bertz CT molecular complexity index is 522. The standard InChI is InChI=1S/C13H15BrN2S/c1-8-3-4-11(12(14)5-8)13(16-15)10-6-9(2)17-7-10/h3-7,13,16H,15H2,1-2H3. The van der Waals surface area contributed by atoms with Gasteiger partial charge in [0.2, 0.25) is 0 Å². The lowest BCUT2D eigenvalue weighted by Gasteiger charge is -2.17. The molecule has 1 aromatic heterocycles. The second-order valence-corrected chi connectivity index (χ2v) is 6.09. The van der Waals surface area contributed by atoms with Crippen molar-refractivity contribution in [2.45, 2.75) is 19.9 Å². The van der Waals surface area contributed by atoms with Crippen molar-refractivity contribution in [2.24, 2.45) is 5.84 Å².